The highest BCUT2D eigenvalue weighted by atomic mass is 32.2. The van der Waals surface area contributed by atoms with Crippen molar-refractivity contribution in [1.82, 2.24) is 0 Å². The maximum Gasteiger partial charge on any atom is 0.264 e. The minimum absolute atomic E-state index is 0.227. The fourth-order valence-corrected chi connectivity index (χ4v) is 2.64. The normalized spacial score (nSPS) is 11.6. The Balaban J connectivity index is 2.86. The molecular weight excluding hydrogens is 266 g/mol. The van der Waals surface area contributed by atoms with Crippen LogP contribution < -0.4 is 5.06 Å². The Hall–Kier alpha value is -1.11. The molecule has 1 aromatic rings. The van der Waals surface area contributed by atoms with Crippen molar-refractivity contribution in [3.63, 3.8) is 0 Å². The predicted molar refractivity (Wildman–Crippen MR) is 75.5 cm³/mol. The first-order valence-electron chi connectivity index (χ1n) is 6.26. The second kappa shape index (κ2) is 6.36. The summed E-state index contributed by atoms with van der Waals surface area (Å²) in [4.78, 5) is 0. The molecule has 0 aromatic heterocycles. The number of hydroxylamine groups is 1. The summed E-state index contributed by atoms with van der Waals surface area (Å²) in [5.41, 5.74) is 3.82. The van der Waals surface area contributed by atoms with Gasteiger partial charge in [0.2, 0.25) is 0 Å². The molecule has 0 aliphatic carbocycles. The smallest absolute Gasteiger partial charge is 0.264 e. The monoisotopic (exact) mass is 287 g/mol. The highest BCUT2D eigenvalue weighted by molar-refractivity contribution is 7.85. The molecule has 0 saturated carbocycles. The van der Waals surface area contributed by atoms with Gasteiger partial charge < -0.3 is 0 Å². The van der Waals surface area contributed by atoms with Gasteiger partial charge in [0.1, 0.15) is 0 Å². The van der Waals surface area contributed by atoms with Gasteiger partial charge in [-0.3, -0.25) is 14.8 Å². The van der Waals surface area contributed by atoms with Crippen LogP contribution in [0.25, 0.3) is 0 Å². The van der Waals surface area contributed by atoms with Crippen LogP contribution in [-0.2, 0) is 16.5 Å². The summed E-state index contributed by atoms with van der Waals surface area (Å²) in [5, 5.41) is 10.8. The highest BCUT2D eigenvalue weighted by Crippen LogP contribution is 2.23. The van der Waals surface area contributed by atoms with Crippen LogP contribution >= 0.6 is 0 Å². The Kier molecular flexibility index (Phi) is 5.34. The minimum atomic E-state index is -3.89. The molecule has 0 aliphatic rings. The number of benzene rings is 1. The van der Waals surface area contributed by atoms with E-state index in [1.807, 2.05) is 32.9 Å². The molecule has 1 aromatic carbocycles. The van der Waals surface area contributed by atoms with Gasteiger partial charge in [0.15, 0.2) is 0 Å². The van der Waals surface area contributed by atoms with E-state index in [4.69, 9.17) is 4.55 Å². The van der Waals surface area contributed by atoms with Crippen molar-refractivity contribution < 1.29 is 18.2 Å². The van der Waals surface area contributed by atoms with Crippen molar-refractivity contribution in [3.05, 3.63) is 28.8 Å². The molecule has 5 nitrogen and oxygen atoms in total. The molecule has 1 rings (SSSR count). The number of anilines is 1. The van der Waals surface area contributed by atoms with Crippen LogP contribution in [0.2, 0.25) is 0 Å². The molecule has 19 heavy (non-hydrogen) atoms. The number of nitrogens with zero attached hydrogens (tertiary/aromatic N) is 1. The van der Waals surface area contributed by atoms with Crippen LogP contribution in [0.3, 0.4) is 0 Å². The van der Waals surface area contributed by atoms with Gasteiger partial charge >= 0.3 is 0 Å². The van der Waals surface area contributed by atoms with Crippen LogP contribution in [0.1, 0.15) is 30.0 Å². The van der Waals surface area contributed by atoms with Gasteiger partial charge in [-0.25, -0.2) is 0 Å². The average molecular weight is 287 g/mol. The van der Waals surface area contributed by atoms with Gasteiger partial charge in [-0.2, -0.15) is 8.42 Å². The Morgan fingerprint density at radius 2 is 1.74 bits per heavy atom. The fourth-order valence-electron chi connectivity index (χ4n) is 2.13. The van der Waals surface area contributed by atoms with Crippen molar-refractivity contribution in [2.45, 2.75) is 33.6 Å². The van der Waals surface area contributed by atoms with Gasteiger partial charge in [0.05, 0.1) is 11.4 Å². The molecule has 0 bridgehead atoms. The zero-order valence-corrected chi connectivity index (χ0v) is 12.4. The summed E-state index contributed by atoms with van der Waals surface area (Å²) in [6.07, 6.45) is 0.978. The van der Waals surface area contributed by atoms with Crippen LogP contribution in [0.4, 0.5) is 5.69 Å². The standard InChI is InChI=1S/C13H21NO4S/c1-4-14(15)12-8-10(2)13(11(3)9-12)6-5-7-19(16,17)18/h8-9,15H,4-7H2,1-3H3,(H,16,17,18). The van der Waals surface area contributed by atoms with E-state index in [1.165, 1.54) is 5.06 Å². The van der Waals surface area contributed by atoms with Gasteiger partial charge in [-0.05, 0) is 62.4 Å². The molecule has 0 aliphatic heterocycles. The largest absolute Gasteiger partial charge is 0.288 e. The Bertz CT molecular complexity index is 517. The van der Waals surface area contributed by atoms with Crippen molar-refractivity contribution in [3.8, 4) is 0 Å². The molecule has 2 N–H and O–H groups in total. The summed E-state index contributed by atoms with van der Waals surface area (Å²) in [6.45, 7) is 6.22. The second-order valence-corrected chi connectivity index (χ2v) is 6.24. The highest BCUT2D eigenvalue weighted by Gasteiger charge is 2.10. The van der Waals surface area contributed by atoms with Crippen LogP contribution in [0.15, 0.2) is 12.1 Å². The lowest BCUT2D eigenvalue weighted by atomic mass is 9.98. The van der Waals surface area contributed by atoms with E-state index < -0.39 is 10.1 Å². The fraction of sp³-hybridized carbons (Fsp3) is 0.538. The topological polar surface area (TPSA) is 77.8 Å². The summed E-state index contributed by atoms with van der Waals surface area (Å²) in [6, 6.07) is 3.75. The minimum Gasteiger partial charge on any atom is -0.288 e. The Morgan fingerprint density at radius 3 is 2.16 bits per heavy atom. The third-order valence-corrected chi connectivity index (χ3v) is 3.91. The lowest BCUT2D eigenvalue weighted by Gasteiger charge is -2.18. The third-order valence-electron chi connectivity index (χ3n) is 3.11. The first kappa shape index (κ1) is 15.9. The quantitative estimate of drug-likeness (QED) is 0.620. The zero-order chi connectivity index (χ0) is 14.6. The van der Waals surface area contributed by atoms with Gasteiger partial charge in [0.25, 0.3) is 10.1 Å². The lowest BCUT2D eigenvalue weighted by molar-refractivity contribution is 0.260. The van der Waals surface area contributed by atoms with E-state index in [0.29, 0.717) is 19.4 Å². The van der Waals surface area contributed by atoms with Crippen LogP contribution in [0.5, 0.6) is 0 Å². The van der Waals surface area contributed by atoms with Crippen LogP contribution in [0, 0.1) is 13.8 Å². The molecule has 0 saturated heterocycles. The molecule has 0 amide bonds. The maximum atomic E-state index is 10.7. The summed E-state index contributed by atoms with van der Waals surface area (Å²) >= 11 is 0. The zero-order valence-electron chi connectivity index (χ0n) is 11.5. The van der Waals surface area contributed by atoms with Gasteiger partial charge in [-0.15, -0.1) is 0 Å². The number of hydrogen-bond acceptors (Lipinski definition) is 4. The van der Waals surface area contributed by atoms with Gasteiger partial charge in [0, 0.05) is 6.54 Å². The summed E-state index contributed by atoms with van der Waals surface area (Å²) in [7, 11) is -3.89. The maximum absolute atomic E-state index is 10.7. The first-order chi connectivity index (χ1) is 8.74. The van der Waals surface area contributed by atoms with E-state index in [2.05, 4.69) is 0 Å². The lowest BCUT2D eigenvalue weighted by Crippen LogP contribution is -2.17. The second-order valence-electron chi connectivity index (χ2n) is 4.66. The van der Waals surface area contributed by atoms with Crippen molar-refractivity contribution in [1.29, 1.82) is 0 Å². The number of hydrogen-bond donors (Lipinski definition) is 2. The number of rotatable bonds is 6. The molecular formula is C13H21NO4S. The molecule has 6 heteroatoms. The van der Waals surface area contributed by atoms with Crippen LogP contribution in [-0.4, -0.2) is 30.5 Å². The van der Waals surface area contributed by atoms with E-state index >= 15 is 0 Å². The average Bonchev–Trinajstić information content (AvgIpc) is 2.30. The molecule has 0 unspecified atom stereocenters. The van der Waals surface area contributed by atoms with E-state index in [0.717, 1.165) is 22.4 Å². The summed E-state index contributed by atoms with van der Waals surface area (Å²) < 4.78 is 30.1. The van der Waals surface area contributed by atoms with Crippen molar-refractivity contribution in [2.24, 2.45) is 0 Å². The van der Waals surface area contributed by atoms with E-state index in [1.54, 1.807) is 0 Å². The third kappa shape index (κ3) is 4.81. The molecule has 0 heterocycles. The van der Waals surface area contributed by atoms with Gasteiger partial charge in [-0.1, -0.05) is 0 Å². The SMILES string of the molecule is CCN(O)c1cc(C)c(CCCS(=O)(=O)O)c(C)c1. The first-order valence-corrected chi connectivity index (χ1v) is 7.87. The van der Waals surface area contributed by atoms with Crippen molar-refractivity contribution in [2.75, 3.05) is 17.4 Å². The molecule has 0 spiro atoms. The Morgan fingerprint density at radius 1 is 1.21 bits per heavy atom. The van der Waals surface area contributed by atoms with E-state index in [-0.39, 0.29) is 5.75 Å². The molecule has 108 valence electrons. The number of aryl methyl sites for hydroxylation is 2. The van der Waals surface area contributed by atoms with Crippen molar-refractivity contribution >= 4 is 15.8 Å². The molecule has 0 atom stereocenters. The van der Waals surface area contributed by atoms with E-state index in [9.17, 15) is 13.6 Å². The predicted octanol–water partition coefficient (Wildman–Crippen LogP) is 2.34. The molecule has 0 radical (unpaired) electrons. The molecule has 0 fully saturated rings. The summed E-state index contributed by atoms with van der Waals surface area (Å²) in [5.74, 6) is -0.227. The Labute approximate surface area is 114 Å².